The van der Waals surface area contributed by atoms with E-state index in [4.69, 9.17) is 0 Å². The predicted molar refractivity (Wildman–Crippen MR) is 55.3 cm³/mol. The molecule has 0 aliphatic carbocycles. The number of rotatable bonds is 2. The lowest BCUT2D eigenvalue weighted by molar-refractivity contribution is 0.327. The van der Waals surface area contributed by atoms with Crippen molar-refractivity contribution in [1.82, 2.24) is 20.3 Å². The van der Waals surface area contributed by atoms with E-state index in [0.717, 1.165) is 13.1 Å². The van der Waals surface area contributed by atoms with Gasteiger partial charge in [-0.05, 0) is 31.8 Å². The third kappa shape index (κ3) is 1.80. The van der Waals surface area contributed by atoms with Gasteiger partial charge in [-0.2, -0.15) is 0 Å². The summed E-state index contributed by atoms with van der Waals surface area (Å²) in [6.07, 6.45) is 4.23. The van der Waals surface area contributed by atoms with Crippen LogP contribution in [0.1, 0.15) is 44.3 Å². The van der Waals surface area contributed by atoms with Gasteiger partial charge in [0.15, 0.2) is 0 Å². The van der Waals surface area contributed by atoms with E-state index in [2.05, 4.69) is 34.2 Å². The molecule has 14 heavy (non-hydrogen) atoms. The third-order valence-corrected chi connectivity index (χ3v) is 2.85. The van der Waals surface area contributed by atoms with E-state index in [0.29, 0.717) is 12.0 Å². The second-order valence-electron chi connectivity index (χ2n) is 4.24. The fourth-order valence-corrected chi connectivity index (χ4v) is 2.00. The molecular formula is C10H18N4. The zero-order valence-corrected chi connectivity index (χ0v) is 8.90. The minimum atomic E-state index is 0.514. The molecule has 2 rings (SSSR count). The first kappa shape index (κ1) is 9.65. The number of aromatic nitrogens is 3. The number of hydrogen-bond donors (Lipinski definition) is 1. The van der Waals surface area contributed by atoms with Gasteiger partial charge in [0.1, 0.15) is 0 Å². The average molecular weight is 194 g/mol. The van der Waals surface area contributed by atoms with Crippen molar-refractivity contribution in [2.75, 3.05) is 13.1 Å². The summed E-state index contributed by atoms with van der Waals surface area (Å²) < 4.78 is 2.12. The van der Waals surface area contributed by atoms with E-state index in [9.17, 15) is 0 Å². The minimum absolute atomic E-state index is 0.514. The summed E-state index contributed by atoms with van der Waals surface area (Å²) in [7, 11) is 0. The highest BCUT2D eigenvalue weighted by Crippen LogP contribution is 2.22. The van der Waals surface area contributed by atoms with Crippen LogP contribution in [-0.4, -0.2) is 28.1 Å². The minimum Gasteiger partial charge on any atom is -0.317 e. The topological polar surface area (TPSA) is 42.7 Å². The van der Waals surface area contributed by atoms with Crippen LogP contribution < -0.4 is 5.32 Å². The largest absolute Gasteiger partial charge is 0.317 e. The number of hydrogen-bond acceptors (Lipinski definition) is 3. The maximum atomic E-state index is 4.20. The van der Waals surface area contributed by atoms with Crippen LogP contribution in [0.5, 0.6) is 0 Å². The van der Waals surface area contributed by atoms with Crippen LogP contribution >= 0.6 is 0 Å². The van der Waals surface area contributed by atoms with E-state index >= 15 is 0 Å². The molecule has 78 valence electrons. The maximum absolute atomic E-state index is 4.20. The van der Waals surface area contributed by atoms with E-state index in [1.165, 1.54) is 18.5 Å². The molecule has 0 spiro atoms. The first-order valence-electron chi connectivity index (χ1n) is 5.40. The van der Waals surface area contributed by atoms with E-state index in [-0.39, 0.29) is 0 Å². The fraction of sp³-hybridized carbons (Fsp3) is 0.800. The van der Waals surface area contributed by atoms with Gasteiger partial charge in [0.25, 0.3) is 0 Å². The van der Waals surface area contributed by atoms with Gasteiger partial charge < -0.3 is 5.32 Å². The summed E-state index contributed by atoms with van der Waals surface area (Å²) in [5, 5.41) is 11.6. The normalized spacial score (nSPS) is 19.1. The molecule has 4 nitrogen and oxygen atoms in total. The predicted octanol–water partition coefficient (Wildman–Crippen LogP) is 1.33. The molecule has 1 aliphatic heterocycles. The number of nitrogens with one attached hydrogen (secondary N) is 1. The molecule has 1 aromatic heterocycles. The molecule has 4 heteroatoms. The van der Waals surface area contributed by atoms with Crippen molar-refractivity contribution >= 4 is 0 Å². The summed E-state index contributed by atoms with van der Waals surface area (Å²) in [4.78, 5) is 0. The van der Waals surface area contributed by atoms with Crippen LogP contribution in [0.25, 0.3) is 0 Å². The molecular weight excluding hydrogens is 176 g/mol. The van der Waals surface area contributed by atoms with Gasteiger partial charge >= 0.3 is 0 Å². The van der Waals surface area contributed by atoms with Crippen molar-refractivity contribution < 1.29 is 0 Å². The number of nitrogens with zero attached hydrogens (tertiary/aromatic N) is 3. The lowest BCUT2D eigenvalue weighted by atomic mass is 10.1. The lowest BCUT2D eigenvalue weighted by Gasteiger charge is -2.24. The highest BCUT2D eigenvalue weighted by Gasteiger charge is 2.19. The van der Waals surface area contributed by atoms with E-state index < -0.39 is 0 Å². The van der Waals surface area contributed by atoms with Gasteiger partial charge in [0, 0.05) is 0 Å². The van der Waals surface area contributed by atoms with Crippen LogP contribution in [0.2, 0.25) is 0 Å². The van der Waals surface area contributed by atoms with Crippen molar-refractivity contribution in [2.24, 2.45) is 0 Å². The van der Waals surface area contributed by atoms with Gasteiger partial charge in [-0.15, -0.1) is 5.10 Å². The van der Waals surface area contributed by atoms with Crippen molar-refractivity contribution in [3.8, 4) is 0 Å². The van der Waals surface area contributed by atoms with E-state index in [1.54, 1.807) is 0 Å². The average Bonchev–Trinajstić information content (AvgIpc) is 2.67. The molecule has 1 N–H and O–H groups in total. The highest BCUT2D eigenvalue weighted by atomic mass is 15.4. The van der Waals surface area contributed by atoms with Crippen LogP contribution in [0.15, 0.2) is 6.20 Å². The Morgan fingerprint density at radius 3 is 2.79 bits per heavy atom. The SMILES string of the molecule is CC(C)c1cnnn1C1CCNCC1. The van der Waals surface area contributed by atoms with Crippen LogP contribution in [0, 0.1) is 0 Å². The lowest BCUT2D eigenvalue weighted by Crippen LogP contribution is -2.30. The molecule has 0 atom stereocenters. The second-order valence-corrected chi connectivity index (χ2v) is 4.24. The van der Waals surface area contributed by atoms with Gasteiger partial charge in [0.05, 0.1) is 17.9 Å². The van der Waals surface area contributed by atoms with Gasteiger partial charge in [0.2, 0.25) is 0 Å². The van der Waals surface area contributed by atoms with Crippen LogP contribution in [-0.2, 0) is 0 Å². The summed E-state index contributed by atoms with van der Waals surface area (Å²) in [6, 6.07) is 0.552. The summed E-state index contributed by atoms with van der Waals surface area (Å²) >= 11 is 0. The molecule has 0 radical (unpaired) electrons. The Kier molecular flexibility index (Phi) is 2.82. The van der Waals surface area contributed by atoms with Crippen LogP contribution in [0.3, 0.4) is 0 Å². The standard InChI is InChI=1S/C10H18N4/c1-8(2)10-7-12-13-14(10)9-3-5-11-6-4-9/h7-9,11H,3-6H2,1-2H3. The molecule has 1 aromatic rings. The highest BCUT2D eigenvalue weighted by molar-refractivity contribution is 5.02. The zero-order chi connectivity index (χ0) is 9.97. The Bertz CT molecular complexity index is 286. The molecule has 1 fully saturated rings. The molecule has 0 aromatic carbocycles. The molecule has 0 saturated carbocycles. The Balaban J connectivity index is 2.17. The number of piperidine rings is 1. The monoisotopic (exact) mass is 194 g/mol. The Hall–Kier alpha value is -0.900. The molecule has 0 unspecified atom stereocenters. The quantitative estimate of drug-likeness (QED) is 0.772. The Morgan fingerprint density at radius 1 is 1.43 bits per heavy atom. The summed E-state index contributed by atoms with van der Waals surface area (Å²) in [6.45, 7) is 6.58. The maximum Gasteiger partial charge on any atom is 0.0727 e. The first-order valence-corrected chi connectivity index (χ1v) is 5.40. The molecule has 0 amide bonds. The van der Waals surface area contributed by atoms with Gasteiger partial charge in [-0.25, -0.2) is 4.68 Å². The summed E-state index contributed by atoms with van der Waals surface area (Å²) in [5.41, 5.74) is 1.26. The smallest absolute Gasteiger partial charge is 0.0727 e. The van der Waals surface area contributed by atoms with Gasteiger partial charge in [-0.3, -0.25) is 0 Å². The summed E-state index contributed by atoms with van der Waals surface area (Å²) in [5.74, 6) is 0.514. The molecule has 1 saturated heterocycles. The first-order chi connectivity index (χ1) is 6.79. The zero-order valence-electron chi connectivity index (χ0n) is 8.90. The van der Waals surface area contributed by atoms with Gasteiger partial charge in [-0.1, -0.05) is 19.1 Å². The molecule has 0 bridgehead atoms. The second kappa shape index (κ2) is 4.09. The van der Waals surface area contributed by atoms with E-state index in [1.807, 2.05) is 6.20 Å². The Labute approximate surface area is 84.7 Å². The van der Waals surface area contributed by atoms with Crippen molar-refractivity contribution in [3.63, 3.8) is 0 Å². The van der Waals surface area contributed by atoms with Crippen molar-refractivity contribution in [1.29, 1.82) is 0 Å². The molecule has 1 aliphatic rings. The van der Waals surface area contributed by atoms with Crippen molar-refractivity contribution in [3.05, 3.63) is 11.9 Å². The fourth-order valence-electron chi connectivity index (χ4n) is 2.00. The Morgan fingerprint density at radius 2 is 2.14 bits per heavy atom. The van der Waals surface area contributed by atoms with Crippen molar-refractivity contribution in [2.45, 2.75) is 38.6 Å². The third-order valence-electron chi connectivity index (χ3n) is 2.85. The molecule has 2 heterocycles. The van der Waals surface area contributed by atoms with Crippen LogP contribution in [0.4, 0.5) is 0 Å².